The molecule has 2 atom stereocenters. The summed E-state index contributed by atoms with van der Waals surface area (Å²) in [5.41, 5.74) is 0.857. The van der Waals surface area contributed by atoms with Crippen LogP contribution < -0.4 is 0 Å². The van der Waals surface area contributed by atoms with Crippen molar-refractivity contribution in [3.8, 4) is 0 Å². The van der Waals surface area contributed by atoms with Crippen molar-refractivity contribution in [1.82, 2.24) is 4.90 Å². The van der Waals surface area contributed by atoms with E-state index in [1.54, 1.807) is 18.2 Å². The lowest BCUT2D eigenvalue weighted by Gasteiger charge is -2.33. The third kappa shape index (κ3) is 4.37. The Bertz CT molecular complexity index is 451. The Labute approximate surface area is 124 Å². The lowest BCUT2D eigenvalue weighted by atomic mass is 10.0. The van der Waals surface area contributed by atoms with Gasteiger partial charge in [-0.3, -0.25) is 9.69 Å². The Balaban J connectivity index is 3.07. The number of halogens is 2. The Morgan fingerprint density at radius 2 is 2.00 bits per heavy atom. The highest BCUT2D eigenvalue weighted by Crippen LogP contribution is 2.31. The number of carboxylic acids is 1. The van der Waals surface area contributed by atoms with E-state index in [9.17, 15) is 4.79 Å². The van der Waals surface area contributed by atoms with Gasteiger partial charge in [-0.15, -0.1) is 0 Å². The summed E-state index contributed by atoms with van der Waals surface area (Å²) in [7, 11) is 0. The van der Waals surface area contributed by atoms with Crippen LogP contribution in [0.5, 0.6) is 0 Å². The zero-order valence-corrected chi connectivity index (χ0v) is 12.9. The van der Waals surface area contributed by atoms with Gasteiger partial charge in [0.25, 0.3) is 0 Å². The molecular formula is C14H19Cl2NO2. The maximum Gasteiger partial charge on any atom is 0.317 e. The summed E-state index contributed by atoms with van der Waals surface area (Å²) in [5, 5.41) is 10.3. The van der Waals surface area contributed by atoms with Crippen molar-refractivity contribution in [1.29, 1.82) is 0 Å². The van der Waals surface area contributed by atoms with Gasteiger partial charge in [-0.1, -0.05) is 30.1 Å². The molecule has 0 heterocycles. The van der Waals surface area contributed by atoms with Gasteiger partial charge in [0.15, 0.2) is 0 Å². The van der Waals surface area contributed by atoms with Gasteiger partial charge in [-0.05, 0) is 44.0 Å². The van der Waals surface area contributed by atoms with E-state index in [4.69, 9.17) is 28.3 Å². The summed E-state index contributed by atoms with van der Waals surface area (Å²) in [5.74, 6) is -0.842. The van der Waals surface area contributed by atoms with Crippen molar-refractivity contribution < 1.29 is 9.90 Å². The highest BCUT2D eigenvalue weighted by molar-refractivity contribution is 6.33. The second-order valence-corrected chi connectivity index (χ2v) is 5.51. The molecule has 1 N–H and O–H groups in total. The zero-order valence-electron chi connectivity index (χ0n) is 11.4. The molecule has 0 aliphatic rings. The molecule has 0 aromatic heterocycles. The van der Waals surface area contributed by atoms with Crippen molar-refractivity contribution >= 4 is 29.2 Å². The van der Waals surface area contributed by atoms with Crippen LogP contribution in [0, 0.1) is 0 Å². The molecule has 3 nitrogen and oxygen atoms in total. The number of carboxylic acid groups (broad SMARTS) is 1. The maximum absolute atomic E-state index is 11.0. The SMILES string of the molecule is CCC(C)N(CC(=O)O)C(C)c1cc(Cl)ccc1Cl. The van der Waals surface area contributed by atoms with Crippen molar-refractivity contribution in [3.05, 3.63) is 33.8 Å². The van der Waals surface area contributed by atoms with Crippen LogP contribution in [0.3, 0.4) is 0 Å². The van der Waals surface area contributed by atoms with Gasteiger partial charge in [0, 0.05) is 22.1 Å². The molecule has 0 radical (unpaired) electrons. The summed E-state index contributed by atoms with van der Waals surface area (Å²) < 4.78 is 0. The molecule has 19 heavy (non-hydrogen) atoms. The van der Waals surface area contributed by atoms with Crippen LogP contribution in [-0.4, -0.2) is 28.6 Å². The molecule has 5 heteroatoms. The third-order valence-corrected chi connectivity index (χ3v) is 3.96. The van der Waals surface area contributed by atoms with E-state index in [1.165, 1.54) is 0 Å². The largest absolute Gasteiger partial charge is 0.480 e. The topological polar surface area (TPSA) is 40.5 Å². The molecule has 0 saturated carbocycles. The first-order valence-corrected chi connectivity index (χ1v) is 7.04. The van der Waals surface area contributed by atoms with Gasteiger partial charge in [-0.2, -0.15) is 0 Å². The predicted molar refractivity (Wildman–Crippen MR) is 79.0 cm³/mol. The summed E-state index contributed by atoms with van der Waals surface area (Å²) in [4.78, 5) is 12.9. The Morgan fingerprint density at radius 1 is 1.37 bits per heavy atom. The summed E-state index contributed by atoms with van der Waals surface area (Å²) in [6.07, 6.45) is 0.871. The molecule has 1 aromatic rings. The molecule has 0 saturated heterocycles. The second-order valence-electron chi connectivity index (χ2n) is 4.67. The average Bonchev–Trinajstić information content (AvgIpc) is 2.37. The number of hydrogen-bond acceptors (Lipinski definition) is 2. The Hall–Kier alpha value is -0.770. The maximum atomic E-state index is 11.0. The molecule has 0 spiro atoms. The molecule has 0 fully saturated rings. The molecule has 106 valence electrons. The molecule has 1 aromatic carbocycles. The lowest BCUT2D eigenvalue weighted by molar-refractivity contribution is -0.139. The van der Waals surface area contributed by atoms with Gasteiger partial charge in [0.05, 0.1) is 6.54 Å². The summed E-state index contributed by atoms with van der Waals surface area (Å²) >= 11 is 12.2. The van der Waals surface area contributed by atoms with Crippen LogP contribution in [0.1, 0.15) is 38.8 Å². The third-order valence-electron chi connectivity index (χ3n) is 3.38. The second kappa shape index (κ2) is 7.13. The number of benzene rings is 1. The van der Waals surface area contributed by atoms with Crippen molar-refractivity contribution in [2.24, 2.45) is 0 Å². The van der Waals surface area contributed by atoms with Crippen LogP contribution in [-0.2, 0) is 4.79 Å². The molecule has 1 rings (SSSR count). The fourth-order valence-electron chi connectivity index (χ4n) is 2.08. The van der Waals surface area contributed by atoms with Gasteiger partial charge in [-0.25, -0.2) is 0 Å². The van der Waals surface area contributed by atoms with Crippen LogP contribution >= 0.6 is 23.2 Å². The van der Waals surface area contributed by atoms with Crippen LogP contribution in [0.4, 0.5) is 0 Å². The number of hydrogen-bond donors (Lipinski definition) is 1. The number of carbonyl (C=O) groups is 1. The van der Waals surface area contributed by atoms with E-state index in [1.807, 2.05) is 25.7 Å². The first kappa shape index (κ1) is 16.3. The molecule has 0 bridgehead atoms. The zero-order chi connectivity index (χ0) is 14.6. The average molecular weight is 304 g/mol. The lowest BCUT2D eigenvalue weighted by Crippen LogP contribution is -2.39. The normalized spacial score (nSPS) is 14.4. The highest BCUT2D eigenvalue weighted by Gasteiger charge is 2.24. The van der Waals surface area contributed by atoms with E-state index in [0.29, 0.717) is 10.0 Å². The van der Waals surface area contributed by atoms with E-state index in [2.05, 4.69) is 0 Å². The number of rotatable bonds is 6. The molecule has 0 aliphatic heterocycles. The monoisotopic (exact) mass is 303 g/mol. The molecule has 2 unspecified atom stereocenters. The van der Waals surface area contributed by atoms with E-state index < -0.39 is 5.97 Å². The fraction of sp³-hybridized carbons (Fsp3) is 0.500. The minimum Gasteiger partial charge on any atom is -0.480 e. The number of aliphatic carboxylic acids is 1. The minimum absolute atomic E-state index is 0.0149. The van der Waals surface area contributed by atoms with E-state index in [-0.39, 0.29) is 18.6 Å². The van der Waals surface area contributed by atoms with Crippen molar-refractivity contribution in [2.75, 3.05) is 6.54 Å². The Morgan fingerprint density at radius 3 is 2.53 bits per heavy atom. The summed E-state index contributed by atoms with van der Waals surface area (Å²) in [6.45, 7) is 5.98. The first-order valence-electron chi connectivity index (χ1n) is 6.29. The quantitative estimate of drug-likeness (QED) is 0.854. The van der Waals surface area contributed by atoms with Crippen molar-refractivity contribution in [3.63, 3.8) is 0 Å². The number of nitrogens with zero attached hydrogens (tertiary/aromatic N) is 1. The van der Waals surface area contributed by atoms with E-state index >= 15 is 0 Å². The predicted octanol–water partition coefficient (Wildman–Crippen LogP) is 4.24. The van der Waals surface area contributed by atoms with Crippen molar-refractivity contribution in [2.45, 2.75) is 39.3 Å². The Kier molecular flexibility index (Phi) is 6.11. The van der Waals surface area contributed by atoms with Gasteiger partial charge in [0.1, 0.15) is 0 Å². The standard InChI is InChI=1S/C14H19Cl2NO2/c1-4-9(2)17(8-14(18)19)10(3)12-7-11(15)5-6-13(12)16/h5-7,9-10H,4,8H2,1-3H3,(H,18,19). The van der Waals surface area contributed by atoms with Gasteiger partial charge >= 0.3 is 5.97 Å². The summed E-state index contributed by atoms with van der Waals surface area (Å²) in [6, 6.07) is 5.32. The van der Waals surface area contributed by atoms with Gasteiger partial charge in [0.2, 0.25) is 0 Å². The van der Waals surface area contributed by atoms with Crippen LogP contribution in [0.25, 0.3) is 0 Å². The molecule has 0 amide bonds. The minimum atomic E-state index is -0.842. The van der Waals surface area contributed by atoms with Gasteiger partial charge < -0.3 is 5.11 Å². The van der Waals surface area contributed by atoms with Crippen LogP contribution in [0.2, 0.25) is 10.0 Å². The fourth-order valence-corrected chi connectivity index (χ4v) is 2.53. The van der Waals surface area contributed by atoms with E-state index in [0.717, 1.165) is 12.0 Å². The smallest absolute Gasteiger partial charge is 0.317 e. The molecular weight excluding hydrogens is 285 g/mol. The first-order chi connectivity index (χ1) is 8.86. The van der Waals surface area contributed by atoms with Crippen LogP contribution in [0.15, 0.2) is 18.2 Å². The highest BCUT2D eigenvalue weighted by atomic mass is 35.5. The molecule has 0 aliphatic carbocycles.